The van der Waals surface area contributed by atoms with Gasteiger partial charge in [-0.25, -0.2) is 5.84 Å². The summed E-state index contributed by atoms with van der Waals surface area (Å²) in [4.78, 5) is 3.95. The van der Waals surface area contributed by atoms with Crippen LogP contribution in [-0.2, 0) is 0 Å². The van der Waals surface area contributed by atoms with E-state index in [4.69, 9.17) is 5.84 Å². The molecule has 0 unspecified atom stereocenters. The van der Waals surface area contributed by atoms with Crippen LogP contribution in [0.4, 0.5) is 4.39 Å². The van der Waals surface area contributed by atoms with Gasteiger partial charge in [0.05, 0.1) is 6.67 Å². The van der Waals surface area contributed by atoms with Crippen molar-refractivity contribution in [3.63, 3.8) is 0 Å². The smallest absolute Gasteiger partial charge is 0.205 e. The fourth-order valence-corrected chi connectivity index (χ4v) is 0.571. The summed E-state index contributed by atoms with van der Waals surface area (Å²) in [5.41, 5.74) is 2.38. The Morgan fingerprint density at radius 2 is 2.36 bits per heavy atom. The zero-order valence-corrected chi connectivity index (χ0v) is 6.73. The van der Waals surface area contributed by atoms with Crippen LogP contribution in [0.15, 0.2) is 4.99 Å². The molecule has 0 aliphatic carbocycles. The Bertz CT molecular complexity index is 115. The maximum absolute atomic E-state index is 11.6. The maximum atomic E-state index is 11.6. The fourth-order valence-electron chi connectivity index (χ4n) is 0.571. The first-order valence-electron chi connectivity index (χ1n) is 3.66. The minimum Gasteiger partial charge on any atom is -0.356 e. The van der Waals surface area contributed by atoms with Gasteiger partial charge in [0.2, 0.25) is 5.96 Å². The van der Waals surface area contributed by atoms with Crippen LogP contribution in [0, 0.1) is 0 Å². The van der Waals surface area contributed by atoms with E-state index in [0.717, 1.165) is 6.54 Å². The number of guanidine groups is 1. The van der Waals surface area contributed by atoms with Crippen molar-refractivity contribution in [3.05, 3.63) is 0 Å². The van der Waals surface area contributed by atoms with Gasteiger partial charge in [0.25, 0.3) is 0 Å². The molecule has 0 fully saturated rings. The zero-order chi connectivity index (χ0) is 8.53. The van der Waals surface area contributed by atoms with E-state index in [9.17, 15) is 4.39 Å². The maximum Gasteiger partial charge on any atom is 0.205 e. The van der Waals surface area contributed by atoms with Gasteiger partial charge in [-0.15, -0.1) is 0 Å². The van der Waals surface area contributed by atoms with Gasteiger partial charge in [0, 0.05) is 13.1 Å². The van der Waals surface area contributed by atoms with Crippen molar-refractivity contribution in [2.24, 2.45) is 10.8 Å². The first-order valence-corrected chi connectivity index (χ1v) is 3.66. The molecule has 0 aromatic carbocycles. The standard InChI is InChI=1S/C6H15FN4/c1-2-9-6(11-8)10-5-3-4-7/h2-5,8H2,1H3,(H2,9,10,11). The van der Waals surface area contributed by atoms with Crippen LogP contribution in [0.1, 0.15) is 13.3 Å². The second kappa shape index (κ2) is 7.27. The molecule has 0 aromatic heterocycles. The first kappa shape index (κ1) is 10.2. The third-order valence-electron chi connectivity index (χ3n) is 1.04. The number of hydrogen-bond donors (Lipinski definition) is 3. The average Bonchev–Trinajstić information content (AvgIpc) is 2.03. The number of nitrogens with two attached hydrogens (primary N) is 1. The van der Waals surface area contributed by atoms with Crippen LogP contribution < -0.4 is 16.6 Å². The number of hydrazine groups is 1. The van der Waals surface area contributed by atoms with Gasteiger partial charge in [0.1, 0.15) is 0 Å². The number of halogens is 1. The Morgan fingerprint density at radius 3 is 2.82 bits per heavy atom. The molecule has 4 nitrogen and oxygen atoms in total. The van der Waals surface area contributed by atoms with Crippen molar-refractivity contribution in [2.45, 2.75) is 13.3 Å². The summed E-state index contributed by atoms with van der Waals surface area (Å²) >= 11 is 0. The summed E-state index contributed by atoms with van der Waals surface area (Å²) in [5.74, 6) is 5.62. The van der Waals surface area contributed by atoms with E-state index >= 15 is 0 Å². The summed E-state index contributed by atoms with van der Waals surface area (Å²) in [6, 6.07) is 0. The molecule has 0 rings (SSSR count). The molecule has 5 heteroatoms. The minimum absolute atomic E-state index is 0.340. The van der Waals surface area contributed by atoms with E-state index in [1.807, 2.05) is 6.92 Å². The van der Waals surface area contributed by atoms with Crippen molar-refractivity contribution < 1.29 is 4.39 Å². The van der Waals surface area contributed by atoms with Crippen LogP contribution >= 0.6 is 0 Å². The van der Waals surface area contributed by atoms with Crippen LogP contribution in [0.5, 0.6) is 0 Å². The van der Waals surface area contributed by atoms with Crippen molar-refractivity contribution in [1.82, 2.24) is 10.7 Å². The van der Waals surface area contributed by atoms with Crippen molar-refractivity contribution in [2.75, 3.05) is 19.8 Å². The van der Waals surface area contributed by atoms with Crippen molar-refractivity contribution in [3.8, 4) is 0 Å². The highest BCUT2D eigenvalue weighted by Crippen LogP contribution is 1.81. The predicted octanol–water partition coefficient (Wildman–Crippen LogP) is -0.225. The number of alkyl halides is 1. The molecular weight excluding hydrogens is 147 g/mol. The molecule has 0 heterocycles. The summed E-state index contributed by atoms with van der Waals surface area (Å²) in [7, 11) is 0. The molecule has 0 aliphatic rings. The van der Waals surface area contributed by atoms with E-state index < -0.39 is 0 Å². The van der Waals surface area contributed by atoms with E-state index in [2.05, 4.69) is 15.7 Å². The van der Waals surface area contributed by atoms with Crippen LogP contribution in [0.3, 0.4) is 0 Å². The Kier molecular flexibility index (Phi) is 6.71. The van der Waals surface area contributed by atoms with E-state index in [0.29, 0.717) is 18.9 Å². The lowest BCUT2D eigenvalue weighted by molar-refractivity contribution is 0.477. The number of rotatable bonds is 4. The summed E-state index contributed by atoms with van der Waals surface area (Å²) in [6.45, 7) is 2.80. The highest BCUT2D eigenvalue weighted by molar-refractivity contribution is 5.78. The molecule has 0 saturated carbocycles. The van der Waals surface area contributed by atoms with E-state index in [-0.39, 0.29) is 6.67 Å². The molecule has 0 aliphatic heterocycles. The number of nitrogens with one attached hydrogen (secondary N) is 2. The highest BCUT2D eigenvalue weighted by Gasteiger charge is 1.90. The van der Waals surface area contributed by atoms with Crippen LogP contribution in [-0.4, -0.2) is 25.7 Å². The third-order valence-corrected chi connectivity index (χ3v) is 1.04. The second-order valence-electron chi connectivity index (χ2n) is 1.95. The van der Waals surface area contributed by atoms with Crippen LogP contribution in [0.2, 0.25) is 0 Å². The lowest BCUT2D eigenvalue weighted by Gasteiger charge is -2.05. The van der Waals surface area contributed by atoms with Gasteiger partial charge >= 0.3 is 0 Å². The van der Waals surface area contributed by atoms with E-state index in [1.165, 1.54) is 0 Å². The van der Waals surface area contributed by atoms with E-state index in [1.54, 1.807) is 0 Å². The summed E-state index contributed by atoms with van der Waals surface area (Å²) in [6.07, 6.45) is 0.441. The molecular formula is C6H15FN4. The zero-order valence-electron chi connectivity index (χ0n) is 6.73. The second-order valence-corrected chi connectivity index (χ2v) is 1.95. The average molecular weight is 162 g/mol. The van der Waals surface area contributed by atoms with Crippen molar-refractivity contribution in [1.29, 1.82) is 0 Å². The molecule has 4 N–H and O–H groups in total. The SMILES string of the molecule is CCNC(=NCCCF)NN. The van der Waals surface area contributed by atoms with Gasteiger partial charge < -0.3 is 5.32 Å². The normalized spacial score (nSPS) is 11.4. The molecule has 0 atom stereocenters. The lowest BCUT2D eigenvalue weighted by atomic mass is 10.5. The molecule has 0 spiro atoms. The monoisotopic (exact) mass is 162 g/mol. The Morgan fingerprint density at radius 1 is 1.64 bits per heavy atom. The molecule has 66 valence electrons. The van der Waals surface area contributed by atoms with Gasteiger partial charge in [0.15, 0.2) is 0 Å². The largest absolute Gasteiger partial charge is 0.356 e. The number of nitrogens with zero attached hydrogens (tertiary/aromatic N) is 1. The van der Waals surface area contributed by atoms with Gasteiger partial charge in [-0.1, -0.05) is 0 Å². The number of aliphatic imine (C=N–C) groups is 1. The lowest BCUT2D eigenvalue weighted by Crippen LogP contribution is -2.41. The Labute approximate surface area is 66.0 Å². The molecule has 0 amide bonds. The topological polar surface area (TPSA) is 62.4 Å². The van der Waals surface area contributed by atoms with Crippen LogP contribution in [0.25, 0.3) is 0 Å². The molecule has 0 bridgehead atoms. The summed E-state index contributed by atoms with van der Waals surface area (Å²) < 4.78 is 11.6. The van der Waals surface area contributed by atoms with Gasteiger partial charge in [-0.05, 0) is 13.3 Å². The molecule has 0 saturated heterocycles. The Hall–Kier alpha value is -0.840. The highest BCUT2D eigenvalue weighted by atomic mass is 19.1. The molecule has 0 aromatic rings. The summed E-state index contributed by atoms with van der Waals surface area (Å²) in [5, 5.41) is 2.88. The quantitative estimate of drug-likeness (QED) is 0.176. The van der Waals surface area contributed by atoms with Gasteiger partial charge in [-0.2, -0.15) is 0 Å². The minimum atomic E-state index is -0.340. The Balaban J connectivity index is 3.52. The first-order chi connectivity index (χ1) is 5.35. The van der Waals surface area contributed by atoms with Gasteiger partial charge in [-0.3, -0.25) is 14.8 Å². The third kappa shape index (κ3) is 5.60. The molecule has 11 heavy (non-hydrogen) atoms. The number of hydrogen-bond acceptors (Lipinski definition) is 2. The fraction of sp³-hybridized carbons (Fsp3) is 0.833. The predicted molar refractivity (Wildman–Crippen MR) is 43.9 cm³/mol. The van der Waals surface area contributed by atoms with Crippen molar-refractivity contribution >= 4 is 5.96 Å². The molecule has 0 radical (unpaired) electrons.